The number of nitrogens with one attached hydrogen (secondary N) is 1. The van der Waals surface area contributed by atoms with Crippen molar-refractivity contribution < 1.29 is 8.42 Å². The second kappa shape index (κ2) is 7.60. The molecule has 0 radical (unpaired) electrons. The van der Waals surface area contributed by atoms with Crippen LogP contribution in [0.3, 0.4) is 0 Å². The van der Waals surface area contributed by atoms with E-state index in [0.717, 1.165) is 5.56 Å². The average molecular weight is 326 g/mol. The van der Waals surface area contributed by atoms with Gasteiger partial charge in [0.1, 0.15) is 0 Å². The third kappa shape index (κ3) is 4.99. The van der Waals surface area contributed by atoms with Crippen molar-refractivity contribution in [1.82, 2.24) is 9.62 Å². The molecule has 6 nitrogen and oxygen atoms in total. The molecule has 0 unspecified atom stereocenters. The minimum absolute atomic E-state index is 0.0869. The second-order valence-electron chi connectivity index (χ2n) is 5.76. The highest BCUT2D eigenvalue weighted by molar-refractivity contribution is 7.89. The molecule has 0 aliphatic heterocycles. The Kier molecular flexibility index (Phi) is 6.37. The maximum atomic E-state index is 12.3. The van der Waals surface area contributed by atoms with E-state index in [1.54, 1.807) is 31.3 Å². The van der Waals surface area contributed by atoms with E-state index >= 15 is 0 Å². The van der Waals surface area contributed by atoms with Gasteiger partial charge >= 0.3 is 0 Å². The van der Waals surface area contributed by atoms with Crippen LogP contribution in [0.1, 0.15) is 33.3 Å². The Bertz CT molecular complexity index is 607. The molecule has 3 N–H and O–H groups in total. The smallest absolute Gasteiger partial charge is 0.243 e. The van der Waals surface area contributed by atoms with Crippen molar-refractivity contribution in [1.29, 1.82) is 0 Å². The summed E-state index contributed by atoms with van der Waals surface area (Å²) >= 11 is 0. The molecular formula is C15H26N4O2S. The fraction of sp³-hybridized carbons (Fsp3) is 0.533. The highest BCUT2D eigenvalue weighted by Gasteiger charge is 2.22. The summed E-state index contributed by atoms with van der Waals surface area (Å²) in [7, 11) is -1.86. The molecule has 0 aliphatic carbocycles. The number of sulfonamides is 1. The highest BCUT2D eigenvalue weighted by Crippen LogP contribution is 2.17. The maximum absolute atomic E-state index is 12.3. The summed E-state index contributed by atoms with van der Waals surface area (Å²) in [5, 5.41) is 3.00. The van der Waals surface area contributed by atoms with E-state index < -0.39 is 10.0 Å². The Morgan fingerprint density at radius 3 is 2.23 bits per heavy atom. The third-order valence-corrected chi connectivity index (χ3v) is 5.24. The summed E-state index contributed by atoms with van der Waals surface area (Å²) in [6.45, 7) is 8.04. The average Bonchev–Trinajstić information content (AvgIpc) is 2.43. The Morgan fingerprint density at radius 1 is 1.23 bits per heavy atom. The predicted molar refractivity (Wildman–Crippen MR) is 90.1 cm³/mol. The fourth-order valence-electron chi connectivity index (χ4n) is 1.73. The molecule has 0 heterocycles. The van der Waals surface area contributed by atoms with Gasteiger partial charge in [0.2, 0.25) is 10.0 Å². The maximum Gasteiger partial charge on any atom is 0.243 e. The number of rotatable bonds is 6. The van der Waals surface area contributed by atoms with Gasteiger partial charge in [0.15, 0.2) is 5.96 Å². The lowest BCUT2D eigenvalue weighted by atomic mass is 10.2. The number of benzene rings is 1. The van der Waals surface area contributed by atoms with Crippen molar-refractivity contribution in [2.45, 2.75) is 51.2 Å². The van der Waals surface area contributed by atoms with Gasteiger partial charge in [-0.15, -0.1) is 0 Å². The quantitative estimate of drug-likeness (QED) is 0.613. The minimum atomic E-state index is -3.44. The Morgan fingerprint density at radius 2 is 1.77 bits per heavy atom. The Labute approximate surface area is 133 Å². The zero-order valence-electron chi connectivity index (χ0n) is 13.9. The van der Waals surface area contributed by atoms with Gasteiger partial charge < -0.3 is 11.1 Å². The van der Waals surface area contributed by atoms with Crippen molar-refractivity contribution in [2.24, 2.45) is 10.7 Å². The first-order chi connectivity index (χ1) is 10.1. The molecule has 0 saturated heterocycles. The topological polar surface area (TPSA) is 87.8 Å². The standard InChI is InChI=1S/C15H26N4O2S/c1-11(2)18-15(16)17-10-13-6-8-14(9-7-13)22(20,21)19(5)12(3)4/h6-9,11-12H,10H2,1-5H3,(H3,16,17,18). The van der Waals surface area contributed by atoms with Crippen LogP contribution < -0.4 is 11.1 Å². The van der Waals surface area contributed by atoms with Crippen molar-refractivity contribution in [3.63, 3.8) is 0 Å². The lowest BCUT2D eigenvalue weighted by molar-refractivity contribution is 0.410. The van der Waals surface area contributed by atoms with Crippen LogP contribution in [0.15, 0.2) is 34.2 Å². The van der Waals surface area contributed by atoms with E-state index in [1.165, 1.54) is 4.31 Å². The van der Waals surface area contributed by atoms with Crippen molar-refractivity contribution in [3.05, 3.63) is 29.8 Å². The SMILES string of the molecule is CC(C)NC(N)=NCc1ccc(S(=O)(=O)N(C)C(C)C)cc1. The van der Waals surface area contributed by atoms with Gasteiger partial charge in [-0.25, -0.2) is 13.4 Å². The summed E-state index contributed by atoms with van der Waals surface area (Å²) in [5.41, 5.74) is 6.63. The van der Waals surface area contributed by atoms with Crippen LogP contribution in [0.2, 0.25) is 0 Å². The van der Waals surface area contributed by atoms with Crippen LogP contribution in [-0.4, -0.2) is 37.8 Å². The van der Waals surface area contributed by atoms with Crippen molar-refractivity contribution in [3.8, 4) is 0 Å². The molecule has 0 atom stereocenters. The van der Waals surface area contributed by atoms with Crippen LogP contribution in [0.4, 0.5) is 0 Å². The highest BCUT2D eigenvalue weighted by atomic mass is 32.2. The molecule has 0 fully saturated rings. The number of hydrogen-bond acceptors (Lipinski definition) is 3. The second-order valence-corrected chi connectivity index (χ2v) is 7.76. The van der Waals surface area contributed by atoms with E-state index in [1.807, 2.05) is 27.7 Å². The van der Waals surface area contributed by atoms with Gasteiger partial charge in [0.05, 0.1) is 11.4 Å². The first-order valence-corrected chi connectivity index (χ1v) is 8.72. The molecule has 0 aromatic heterocycles. The van der Waals surface area contributed by atoms with Gasteiger partial charge in [0, 0.05) is 19.1 Å². The normalized spacial score (nSPS) is 13.2. The molecule has 1 rings (SSSR count). The Balaban J connectivity index is 2.83. The molecule has 1 aromatic carbocycles. The van der Waals surface area contributed by atoms with Gasteiger partial charge in [-0.2, -0.15) is 4.31 Å². The summed E-state index contributed by atoms with van der Waals surface area (Å²) in [6, 6.07) is 6.86. The zero-order chi connectivity index (χ0) is 16.9. The number of nitrogens with two attached hydrogens (primary N) is 1. The monoisotopic (exact) mass is 326 g/mol. The number of hydrogen-bond donors (Lipinski definition) is 2. The molecule has 0 spiro atoms. The van der Waals surface area contributed by atoms with Crippen LogP contribution in [0.5, 0.6) is 0 Å². The minimum Gasteiger partial charge on any atom is -0.370 e. The number of guanidine groups is 1. The molecule has 0 bridgehead atoms. The largest absolute Gasteiger partial charge is 0.370 e. The predicted octanol–water partition coefficient (Wildman–Crippen LogP) is 1.53. The third-order valence-electron chi connectivity index (χ3n) is 3.20. The van der Waals surface area contributed by atoms with E-state index in [-0.39, 0.29) is 17.0 Å². The molecular weight excluding hydrogens is 300 g/mol. The lowest BCUT2D eigenvalue weighted by Gasteiger charge is -2.21. The van der Waals surface area contributed by atoms with Gasteiger partial charge in [-0.3, -0.25) is 0 Å². The first-order valence-electron chi connectivity index (χ1n) is 7.28. The lowest BCUT2D eigenvalue weighted by Crippen LogP contribution is -2.36. The van der Waals surface area contributed by atoms with E-state index in [9.17, 15) is 8.42 Å². The van der Waals surface area contributed by atoms with Gasteiger partial charge in [-0.05, 0) is 45.4 Å². The summed E-state index contributed by atoms with van der Waals surface area (Å²) in [5.74, 6) is 0.381. The molecule has 1 aromatic rings. The van der Waals surface area contributed by atoms with Crippen LogP contribution in [0.25, 0.3) is 0 Å². The molecule has 124 valence electrons. The molecule has 22 heavy (non-hydrogen) atoms. The number of aliphatic imine (C=N–C) groups is 1. The summed E-state index contributed by atoms with van der Waals surface area (Å²) in [6.07, 6.45) is 0. The molecule has 0 amide bonds. The van der Waals surface area contributed by atoms with Gasteiger partial charge in [-0.1, -0.05) is 12.1 Å². The Hall–Kier alpha value is -1.60. The first kappa shape index (κ1) is 18.4. The molecule has 7 heteroatoms. The summed E-state index contributed by atoms with van der Waals surface area (Å²) in [4.78, 5) is 4.50. The van der Waals surface area contributed by atoms with E-state index in [4.69, 9.17) is 5.73 Å². The van der Waals surface area contributed by atoms with Crippen molar-refractivity contribution in [2.75, 3.05) is 7.05 Å². The van der Waals surface area contributed by atoms with Crippen LogP contribution in [0, 0.1) is 0 Å². The zero-order valence-corrected chi connectivity index (χ0v) is 14.7. The molecule has 0 aliphatic rings. The van der Waals surface area contributed by atoms with Gasteiger partial charge in [0.25, 0.3) is 0 Å². The van der Waals surface area contributed by atoms with Crippen LogP contribution >= 0.6 is 0 Å². The van der Waals surface area contributed by atoms with E-state index in [2.05, 4.69) is 10.3 Å². The van der Waals surface area contributed by atoms with Crippen LogP contribution in [-0.2, 0) is 16.6 Å². The summed E-state index contributed by atoms with van der Waals surface area (Å²) < 4.78 is 26.0. The van der Waals surface area contributed by atoms with Crippen molar-refractivity contribution >= 4 is 16.0 Å². The van der Waals surface area contributed by atoms with E-state index in [0.29, 0.717) is 12.5 Å². The fourth-order valence-corrected chi connectivity index (χ4v) is 3.10. The molecule has 0 saturated carbocycles. The number of nitrogens with zero attached hydrogens (tertiary/aromatic N) is 2.